The monoisotopic (exact) mass is 674 g/mol. The second kappa shape index (κ2) is 14.3. The molecule has 2 N–H and O–H groups in total. The zero-order valence-electron chi connectivity index (χ0n) is 24.8. The Bertz CT molecular complexity index is 1430. The van der Waals surface area contributed by atoms with Crippen LogP contribution in [0.2, 0.25) is 0 Å². The van der Waals surface area contributed by atoms with Crippen molar-refractivity contribution in [2.75, 3.05) is 32.8 Å². The van der Waals surface area contributed by atoms with Crippen LogP contribution in [0, 0.1) is 0 Å². The third kappa shape index (κ3) is 8.19. The number of amides is 1. The number of benzene rings is 3. The number of carbonyl (C=O) groups excluding carboxylic acids is 1. The number of hydrogen-bond acceptors (Lipinski definition) is 7. The number of hydrogen-bond donors (Lipinski definition) is 2. The van der Waals surface area contributed by atoms with Crippen LogP contribution in [0.1, 0.15) is 53.9 Å². The summed E-state index contributed by atoms with van der Waals surface area (Å²) < 4.78 is 23.0. The lowest BCUT2D eigenvalue weighted by Gasteiger charge is -2.41. The van der Waals surface area contributed by atoms with Crippen LogP contribution >= 0.6 is 34.8 Å². The summed E-state index contributed by atoms with van der Waals surface area (Å²) in [5, 5.41) is 12.2. The Morgan fingerprint density at radius 1 is 0.889 bits per heavy atom. The Balaban J connectivity index is 1.15. The molecule has 1 spiro atoms. The lowest BCUT2D eigenvalue weighted by Crippen LogP contribution is -2.48. The standard InChI is InChI=1S/C34H37Cl3N2O6/c35-34(36,37)32(41)38-20-24-2-1-3-28(18-24)25-8-10-27(11-9-25)31-44-29(19-30(45-31)26-6-4-23(22-40)5-7-26)21-39-14-12-33(13-15-39)42-16-17-43-33/h1-11,18,29-31,40H,12-17,19-22H2,(H,38,41)/t29-,30+,31+/m1/s1. The Morgan fingerprint density at radius 2 is 1.58 bits per heavy atom. The Morgan fingerprint density at radius 3 is 2.24 bits per heavy atom. The zero-order chi connectivity index (χ0) is 31.4. The molecule has 3 aliphatic heterocycles. The normalized spacial score (nSPS) is 23.7. The van der Waals surface area contributed by atoms with E-state index in [9.17, 15) is 9.90 Å². The van der Waals surface area contributed by atoms with Gasteiger partial charge in [0.15, 0.2) is 12.1 Å². The number of aliphatic hydroxyl groups is 1. The zero-order valence-corrected chi connectivity index (χ0v) is 27.1. The summed E-state index contributed by atoms with van der Waals surface area (Å²) in [5.74, 6) is -1.08. The van der Waals surface area contributed by atoms with Crippen LogP contribution in [-0.4, -0.2) is 64.4 Å². The van der Waals surface area contributed by atoms with Crippen LogP contribution in [0.25, 0.3) is 11.1 Å². The highest BCUT2D eigenvalue weighted by Gasteiger charge is 2.41. The van der Waals surface area contributed by atoms with Crippen molar-refractivity contribution in [3.8, 4) is 11.1 Å². The van der Waals surface area contributed by atoms with Gasteiger partial charge in [0.2, 0.25) is 0 Å². The van der Waals surface area contributed by atoms with E-state index in [1.165, 1.54) is 0 Å². The number of nitrogens with one attached hydrogen (secondary N) is 1. The minimum absolute atomic E-state index is 0.00287. The molecule has 8 nitrogen and oxygen atoms in total. The number of rotatable bonds is 8. The predicted octanol–water partition coefficient (Wildman–Crippen LogP) is 6.22. The first-order valence-corrected chi connectivity index (χ1v) is 16.4. The summed E-state index contributed by atoms with van der Waals surface area (Å²) in [6, 6.07) is 23.9. The van der Waals surface area contributed by atoms with E-state index in [-0.39, 0.29) is 25.4 Å². The number of carbonyl (C=O) groups is 1. The number of aliphatic hydroxyl groups excluding tert-OH is 1. The maximum atomic E-state index is 12.0. The van der Waals surface area contributed by atoms with Crippen molar-refractivity contribution in [1.29, 1.82) is 0 Å². The molecule has 240 valence electrons. The molecule has 0 saturated carbocycles. The van der Waals surface area contributed by atoms with Gasteiger partial charge in [-0.15, -0.1) is 0 Å². The highest BCUT2D eigenvalue weighted by molar-refractivity contribution is 6.76. The average molecular weight is 676 g/mol. The van der Waals surface area contributed by atoms with E-state index in [0.717, 1.165) is 72.3 Å². The van der Waals surface area contributed by atoms with Gasteiger partial charge in [0.25, 0.3) is 9.70 Å². The van der Waals surface area contributed by atoms with E-state index in [1.54, 1.807) is 0 Å². The van der Waals surface area contributed by atoms with Crippen LogP contribution in [0.4, 0.5) is 0 Å². The van der Waals surface area contributed by atoms with Gasteiger partial charge in [-0.1, -0.05) is 102 Å². The van der Waals surface area contributed by atoms with Gasteiger partial charge in [0.05, 0.1) is 32.0 Å². The summed E-state index contributed by atoms with van der Waals surface area (Å²) >= 11 is 17.0. The smallest absolute Gasteiger partial charge is 0.272 e. The molecule has 1 amide bonds. The first-order chi connectivity index (χ1) is 21.7. The van der Waals surface area contributed by atoms with Gasteiger partial charge in [-0.2, -0.15) is 0 Å². The fraction of sp³-hybridized carbons (Fsp3) is 0.441. The molecule has 3 aliphatic rings. The minimum Gasteiger partial charge on any atom is -0.392 e. The van der Waals surface area contributed by atoms with Crippen LogP contribution in [0.5, 0.6) is 0 Å². The molecule has 0 aromatic heterocycles. The highest BCUT2D eigenvalue weighted by atomic mass is 35.6. The second-order valence-electron chi connectivity index (χ2n) is 11.8. The largest absolute Gasteiger partial charge is 0.392 e. The molecule has 3 aromatic rings. The quantitative estimate of drug-likeness (QED) is 0.274. The maximum absolute atomic E-state index is 12.0. The number of likely N-dealkylation sites (tertiary alicyclic amines) is 1. The second-order valence-corrected chi connectivity index (χ2v) is 14.0. The number of nitrogens with zero attached hydrogens (tertiary/aromatic N) is 1. The summed E-state index contributed by atoms with van der Waals surface area (Å²) in [5.41, 5.74) is 5.74. The van der Waals surface area contributed by atoms with Gasteiger partial charge in [0, 0.05) is 51.0 Å². The van der Waals surface area contributed by atoms with Gasteiger partial charge in [-0.3, -0.25) is 4.79 Å². The number of ether oxygens (including phenoxy) is 4. The first kappa shape index (κ1) is 32.7. The van der Waals surface area contributed by atoms with Gasteiger partial charge in [-0.25, -0.2) is 0 Å². The third-order valence-corrected chi connectivity index (χ3v) is 9.18. The van der Waals surface area contributed by atoms with E-state index >= 15 is 0 Å². The van der Waals surface area contributed by atoms with Gasteiger partial charge in [-0.05, 0) is 33.9 Å². The Kier molecular flexibility index (Phi) is 10.4. The van der Waals surface area contributed by atoms with E-state index < -0.39 is 21.8 Å². The van der Waals surface area contributed by atoms with E-state index in [2.05, 4.69) is 10.2 Å². The molecular formula is C34H37Cl3N2O6. The van der Waals surface area contributed by atoms with Crippen LogP contribution in [0.3, 0.4) is 0 Å². The molecular weight excluding hydrogens is 639 g/mol. The van der Waals surface area contributed by atoms with Gasteiger partial charge in [0.1, 0.15) is 0 Å². The Labute approximate surface area is 278 Å². The highest BCUT2D eigenvalue weighted by Crippen LogP contribution is 2.39. The molecule has 3 atom stereocenters. The maximum Gasteiger partial charge on any atom is 0.272 e. The molecule has 0 radical (unpaired) electrons. The lowest BCUT2D eigenvalue weighted by atomic mass is 9.98. The molecule has 3 heterocycles. The number of alkyl halides is 3. The van der Waals surface area contributed by atoms with Crippen molar-refractivity contribution in [1.82, 2.24) is 10.2 Å². The molecule has 6 rings (SSSR count). The van der Waals surface area contributed by atoms with Crippen LogP contribution < -0.4 is 5.32 Å². The van der Waals surface area contributed by atoms with Gasteiger partial charge < -0.3 is 34.3 Å². The van der Waals surface area contributed by atoms with Gasteiger partial charge >= 0.3 is 0 Å². The van der Waals surface area contributed by atoms with Crippen molar-refractivity contribution in [3.05, 3.63) is 95.1 Å². The SMILES string of the molecule is O=C(NCc1cccc(-c2ccc([C@H]3O[C@@H](CN4CCC5(CC4)OCCO5)C[C@@H](c4ccc(CO)cc4)O3)cc2)c1)C(Cl)(Cl)Cl. The van der Waals surface area contributed by atoms with Crippen molar-refractivity contribution in [3.63, 3.8) is 0 Å². The summed E-state index contributed by atoms with van der Waals surface area (Å²) in [4.78, 5) is 14.4. The van der Waals surface area contributed by atoms with Crippen molar-refractivity contribution < 1.29 is 28.8 Å². The molecule has 45 heavy (non-hydrogen) atoms. The average Bonchev–Trinajstić information content (AvgIpc) is 3.52. The molecule has 3 aromatic carbocycles. The molecule has 3 fully saturated rings. The Hall–Kier alpha value is -2.24. The van der Waals surface area contributed by atoms with Crippen molar-refractivity contribution in [2.45, 2.75) is 60.5 Å². The molecule has 0 bridgehead atoms. The molecule has 3 saturated heterocycles. The van der Waals surface area contributed by atoms with Crippen LogP contribution in [0.15, 0.2) is 72.8 Å². The molecule has 0 unspecified atom stereocenters. The summed E-state index contributed by atoms with van der Waals surface area (Å²) in [6.45, 7) is 4.16. The molecule has 11 heteroatoms. The van der Waals surface area contributed by atoms with E-state index in [1.807, 2.05) is 72.8 Å². The minimum atomic E-state index is -2.01. The van der Waals surface area contributed by atoms with E-state index in [4.69, 9.17) is 53.8 Å². The summed E-state index contributed by atoms with van der Waals surface area (Å²) in [7, 11) is 0. The molecule has 0 aliphatic carbocycles. The fourth-order valence-electron chi connectivity index (χ4n) is 6.16. The first-order valence-electron chi connectivity index (χ1n) is 15.2. The van der Waals surface area contributed by atoms with Crippen molar-refractivity contribution >= 4 is 40.7 Å². The number of halogens is 3. The lowest BCUT2D eigenvalue weighted by molar-refractivity contribution is -0.255. The predicted molar refractivity (Wildman–Crippen MR) is 173 cm³/mol. The third-order valence-electron chi connectivity index (χ3n) is 8.66. The van der Waals surface area contributed by atoms with E-state index in [0.29, 0.717) is 13.2 Å². The fourth-order valence-corrected chi connectivity index (χ4v) is 6.36. The number of piperidine rings is 1. The summed E-state index contributed by atoms with van der Waals surface area (Å²) in [6.07, 6.45) is 1.70. The topological polar surface area (TPSA) is 89.5 Å². The van der Waals surface area contributed by atoms with Crippen molar-refractivity contribution in [2.24, 2.45) is 0 Å². The van der Waals surface area contributed by atoms with Crippen LogP contribution in [-0.2, 0) is 36.9 Å².